The Labute approximate surface area is 135 Å². The Morgan fingerprint density at radius 3 is 2.78 bits per heavy atom. The molecule has 1 atom stereocenters. The molecule has 0 unspecified atom stereocenters. The van der Waals surface area contributed by atoms with E-state index in [0.717, 1.165) is 31.0 Å². The van der Waals surface area contributed by atoms with Crippen molar-refractivity contribution in [1.29, 1.82) is 0 Å². The lowest BCUT2D eigenvalue weighted by Crippen LogP contribution is -2.23. The molecule has 1 aliphatic heterocycles. The van der Waals surface area contributed by atoms with E-state index in [2.05, 4.69) is 39.1 Å². The van der Waals surface area contributed by atoms with Crippen molar-refractivity contribution in [2.24, 2.45) is 0 Å². The quantitative estimate of drug-likeness (QED) is 0.743. The van der Waals surface area contributed by atoms with Crippen molar-refractivity contribution in [2.45, 2.75) is 25.4 Å². The summed E-state index contributed by atoms with van der Waals surface area (Å²) >= 11 is 0. The van der Waals surface area contributed by atoms with Gasteiger partial charge in [-0.1, -0.05) is 6.07 Å². The van der Waals surface area contributed by atoms with Crippen molar-refractivity contribution in [3.05, 3.63) is 72.7 Å². The number of hydrogen-bond donors (Lipinski definition) is 0. The number of likely N-dealkylation sites (tertiary alicyclic amines) is 1. The number of imidazole rings is 1. The lowest BCUT2D eigenvalue weighted by molar-refractivity contribution is 0.244. The second-order valence-electron chi connectivity index (χ2n) is 5.87. The topological polar surface area (TPSA) is 46.8 Å². The molecule has 5 heteroatoms. The predicted octanol–water partition coefficient (Wildman–Crippen LogP) is 3.00. The molecule has 0 aromatic carbocycles. The largest absolute Gasteiger partial charge is 0.291 e. The summed E-state index contributed by atoms with van der Waals surface area (Å²) < 4.78 is 1.95. The summed E-state index contributed by atoms with van der Waals surface area (Å²) in [4.78, 5) is 15.6. The standard InChI is InChI=1S/C18H19N5/c1-3-16(21-18(5-1)23-12-10-20-14-23)17-4-2-11-22(17)13-15-6-8-19-9-7-15/h1,3,5-10,12,14,17H,2,4,11,13H2/t17-/m1/s1. The molecular weight excluding hydrogens is 286 g/mol. The van der Waals surface area contributed by atoms with Gasteiger partial charge < -0.3 is 0 Å². The van der Waals surface area contributed by atoms with Crippen LogP contribution in [0.25, 0.3) is 5.82 Å². The fourth-order valence-electron chi connectivity index (χ4n) is 3.24. The van der Waals surface area contributed by atoms with Gasteiger partial charge >= 0.3 is 0 Å². The van der Waals surface area contributed by atoms with Crippen LogP contribution in [0.5, 0.6) is 0 Å². The van der Waals surface area contributed by atoms with Crippen LogP contribution in [0.15, 0.2) is 61.4 Å². The molecule has 0 N–H and O–H groups in total. The van der Waals surface area contributed by atoms with E-state index in [9.17, 15) is 0 Å². The molecule has 5 nitrogen and oxygen atoms in total. The molecule has 4 rings (SSSR count). The van der Waals surface area contributed by atoms with Crippen LogP contribution in [-0.4, -0.2) is 31.0 Å². The van der Waals surface area contributed by atoms with Gasteiger partial charge in [-0.25, -0.2) is 9.97 Å². The van der Waals surface area contributed by atoms with E-state index in [0.29, 0.717) is 6.04 Å². The third-order valence-corrected chi connectivity index (χ3v) is 4.36. The highest BCUT2D eigenvalue weighted by Gasteiger charge is 2.27. The zero-order valence-electron chi connectivity index (χ0n) is 12.9. The van der Waals surface area contributed by atoms with Crippen LogP contribution in [-0.2, 0) is 6.54 Å². The maximum Gasteiger partial charge on any atom is 0.138 e. The number of rotatable bonds is 4. The van der Waals surface area contributed by atoms with Crippen molar-refractivity contribution in [1.82, 2.24) is 24.4 Å². The third kappa shape index (κ3) is 3.00. The Kier molecular flexibility index (Phi) is 3.86. The Morgan fingerprint density at radius 2 is 1.96 bits per heavy atom. The first-order valence-electron chi connectivity index (χ1n) is 7.98. The third-order valence-electron chi connectivity index (χ3n) is 4.36. The fourth-order valence-corrected chi connectivity index (χ4v) is 3.24. The molecule has 4 heterocycles. The van der Waals surface area contributed by atoms with Gasteiger partial charge in [0.05, 0.1) is 11.7 Å². The van der Waals surface area contributed by atoms with E-state index in [4.69, 9.17) is 4.98 Å². The Bertz CT molecular complexity index is 754. The van der Waals surface area contributed by atoms with Crippen LogP contribution < -0.4 is 0 Å². The van der Waals surface area contributed by atoms with Gasteiger partial charge in [0.15, 0.2) is 0 Å². The minimum Gasteiger partial charge on any atom is -0.291 e. The molecule has 0 radical (unpaired) electrons. The van der Waals surface area contributed by atoms with Crippen molar-refractivity contribution < 1.29 is 0 Å². The summed E-state index contributed by atoms with van der Waals surface area (Å²) in [7, 11) is 0. The maximum atomic E-state index is 4.86. The van der Waals surface area contributed by atoms with Gasteiger partial charge in [0.25, 0.3) is 0 Å². The van der Waals surface area contributed by atoms with Gasteiger partial charge in [0.1, 0.15) is 12.1 Å². The van der Waals surface area contributed by atoms with Crippen LogP contribution in [0.2, 0.25) is 0 Å². The van der Waals surface area contributed by atoms with Crippen LogP contribution in [0.4, 0.5) is 0 Å². The monoisotopic (exact) mass is 305 g/mol. The van der Waals surface area contributed by atoms with E-state index < -0.39 is 0 Å². The van der Waals surface area contributed by atoms with Crippen LogP contribution in [0.3, 0.4) is 0 Å². The minimum atomic E-state index is 0.381. The van der Waals surface area contributed by atoms with E-state index in [1.54, 1.807) is 12.5 Å². The molecule has 3 aromatic heterocycles. The zero-order chi connectivity index (χ0) is 15.5. The summed E-state index contributed by atoms with van der Waals surface area (Å²) in [6.45, 7) is 2.06. The van der Waals surface area contributed by atoms with Gasteiger partial charge in [-0.3, -0.25) is 14.5 Å². The normalized spacial score (nSPS) is 18.3. The lowest BCUT2D eigenvalue weighted by Gasteiger charge is -2.24. The van der Waals surface area contributed by atoms with Gasteiger partial charge in [0.2, 0.25) is 0 Å². The first kappa shape index (κ1) is 14.1. The summed E-state index contributed by atoms with van der Waals surface area (Å²) in [5.41, 5.74) is 2.44. The van der Waals surface area contributed by atoms with E-state index in [1.807, 2.05) is 29.2 Å². The number of pyridine rings is 2. The molecule has 0 aliphatic carbocycles. The predicted molar refractivity (Wildman–Crippen MR) is 88.0 cm³/mol. The number of nitrogens with zero attached hydrogens (tertiary/aromatic N) is 5. The summed E-state index contributed by atoms with van der Waals surface area (Å²) in [6.07, 6.45) is 11.6. The summed E-state index contributed by atoms with van der Waals surface area (Å²) in [5, 5.41) is 0. The number of aromatic nitrogens is 4. The second-order valence-corrected chi connectivity index (χ2v) is 5.87. The molecule has 1 fully saturated rings. The Hall–Kier alpha value is -2.53. The first-order valence-corrected chi connectivity index (χ1v) is 7.98. The molecule has 1 saturated heterocycles. The highest BCUT2D eigenvalue weighted by atomic mass is 15.2. The van der Waals surface area contributed by atoms with Crippen molar-refractivity contribution in [2.75, 3.05) is 6.54 Å². The highest BCUT2D eigenvalue weighted by Crippen LogP contribution is 2.32. The average molecular weight is 305 g/mol. The van der Waals surface area contributed by atoms with E-state index >= 15 is 0 Å². The SMILES string of the molecule is c1cc([C@H]2CCCN2Cc2ccncc2)nc(-n2ccnc2)c1. The molecule has 0 saturated carbocycles. The Balaban J connectivity index is 1.58. The first-order chi connectivity index (χ1) is 11.4. The zero-order valence-corrected chi connectivity index (χ0v) is 12.9. The molecule has 0 spiro atoms. The molecule has 0 bridgehead atoms. The molecule has 0 amide bonds. The van der Waals surface area contributed by atoms with Crippen molar-refractivity contribution in [3.63, 3.8) is 0 Å². The highest BCUT2D eigenvalue weighted by molar-refractivity contribution is 5.26. The van der Waals surface area contributed by atoms with Crippen LogP contribution in [0, 0.1) is 0 Å². The van der Waals surface area contributed by atoms with Gasteiger partial charge in [-0.05, 0) is 49.2 Å². The van der Waals surface area contributed by atoms with E-state index in [1.165, 1.54) is 12.0 Å². The van der Waals surface area contributed by atoms with Crippen LogP contribution >= 0.6 is 0 Å². The molecule has 116 valence electrons. The maximum absolute atomic E-state index is 4.86. The molecular formula is C18H19N5. The second kappa shape index (κ2) is 6.30. The van der Waals surface area contributed by atoms with Gasteiger partial charge in [0, 0.05) is 31.3 Å². The Morgan fingerprint density at radius 1 is 1.04 bits per heavy atom. The molecule has 3 aromatic rings. The lowest BCUT2D eigenvalue weighted by atomic mass is 10.1. The average Bonchev–Trinajstić information content (AvgIpc) is 3.28. The summed E-state index contributed by atoms with van der Waals surface area (Å²) in [5.74, 6) is 0.927. The van der Waals surface area contributed by atoms with E-state index in [-0.39, 0.29) is 0 Å². The number of hydrogen-bond acceptors (Lipinski definition) is 4. The van der Waals surface area contributed by atoms with Crippen LogP contribution in [0.1, 0.15) is 30.1 Å². The van der Waals surface area contributed by atoms with Crippen molar-refractivity contribution in [3.8, 4) is 5.82 Å². The minimum absolute atomic E-state index is 0.381. The molecule has 1 aliphatic rings. The molecule has 23 heavy (non-hydrogen) atoms. The summed E-state index contributed by atoms with van der Waals surface area (Å²) in [6, 6.07) is 10.8. The smallest absolute Gasteiger partial charge is 0.138 e. The van der Waals surface area contributed by atoms with Gasteiger partial charge in [-0.2, -0.15) is 0 Å². The van der Waals surface area contributed by atoms with Gasteiger partial charge in [-0.15, -0.1) is 0 Å². The fraction of sp³-hybridized carbons (Fsp3) is 0.278. The van der Waals surface area contributed by atoms with Crippen molar-refractivity contribution >= 4 is 0 Å².